The summed E-state index contributed by atoms with van der Waals surface area (Å²) in [6.07, 6.45) is 1.82. The smallest absolute Gasteiger partial charge is 0.223 e. The van der Waals surface area contributed by atoms with E-state index in [4.69, 9.17) is 21.1 Å². The number of ether oxygens (including phenoxy) is 2. The molecule has 162 valence electrons. The average molecular weight is 431 g/mol. The second-order valence-electron chi connectivity index (χ2n) is 8.05. The van der Waals surface area contributed by atoms with Crippen molar-refractivity contribution in [1.82, 2.24) is 10.2 Å². The third-order valence-electron chi connectivity index (χ3n) is 5.31. The Morgan fingerprint density at radius 2 is 1.90 bits per heavy atom. The van der Waals surface area contributed by atoms with Gasteiger partial charge in [-0.3, -0.25) is 9.69 Å². The van der Waals surface area contributed by atoms with E-state index in [1.165, 1.54) is 5.56 Å². The highest BCUT2D eigenvalue weighted by atomic mass is 35.5. The third kappa shape index (κ3) is 6.38. The van der Waals surface area contributed by atoms with E-state index >= 15 is 0 Å². The molecule has 5 nitrogen and oxygen atoms in total. The molecule has 0 radical (unpaired) electrons. The van der Waals surface area contributed by atoms with Gasteiger partial charge in [-0.25, -0.2) is 0 Å². The quantitative estimate of drug-likeness (QED) is 0.661. The van der Waals surface area contributed by atoms with Crippen LogP contribution in [0.25, 0.3) is 0 Å². The van der Waals surface area contributed by atoms with Crippen molar-refractivity contribution in [1.29, 1.82) is 0 Å². The number of hydrogen-bond donors (Lipinski definition) is 1. The minimum absolute atomic E-state index is 0.0612. The summed E-state index contributed by atoms with van der Waals surface area (Å²) < 4.78 is 11.2. The molecule has 6 heteroatoms. The number of halogens is 1. The molecule has 2 aromatic rings. The predicted octanol–water partition coefficient (Wildman–Crippen LogP) is 4.66. The Kier molecular flexibility index (Phi) is 8.00. The molecular formula is C24H31ClN2O3. The van der Waals surface area contributed by atoms with Crippen molar-refractivity contribution in [2.75, 3.05) is 20.2 Å². The molecule has 1 aliphatic heterocycles. The van der Waals surface area contributed by atoms with Gasteiger partial charge in [0.05, 0.1) is 13.2 Å². The number of carbonyl (C=O) groups excluding carboxylic acids is 1. The van der Waals surface area contributed by atoms with E-state index < -0.39 is 0 Å². The van der Waals surface area contributed by atoms with Gasteiger partial charge in [-0.1, -0.05) is 29.8 Å². The zero-order valence-corrected chi connectivity index (χ0v) is 18.7. The first-order chi connectivity index (χ1) is 14.4. The molecular weight excluding hydrogens is 400 g/mol. The van der Waals surface area contributed by atoms with E-state index in [0.717, 1.165) is 48.8 Å². The van der Waals surface area contributed by atoms with Gasteiger partial charge in [-0.05, 0) is 75.2 Å². The number of nitrogens with zero attached hydrogens (tertiary/aromatic N) is 1. The lowest BCUT2D eigenvalue weighted by atomic mass is 9.95. The maximum absolute atomic E-state index is 12.6. The van der Waals surface area contributed by atoms with Gasteiger partial charge < -0.3 is 14.8 Å². The second-order valence-corrected chi connectivity index (χ2v) is 8.49. The summed E-state index contributed by atoms with van der Waals surface area (Å²) in [6, 6.07) is 13.8. The molecule has 1 heterocycles. The molecule has 0 unspecified atom stereocenters. The number of amides is 1. The van der Waals surface area contributed by atoms with Crippen LogP contribution < -0.4 is 14.8 Å². The number of piperidine rings is 1. The molecule has 0 aromatic heterocycles. The standard InChI is InChI=1S/C24H31ClN2O3/c1-17(2)30-22-8-7-18(14-23(22)29-3)15-26-24(28)20-9-11-27(12-10-20)16-19-5-4-6-21(25)13-19/h4-8,13-14,17,20H,9-12,15-16H2,1-3H3,(H,26,28). The first kappa shape index (κ1) is 22.4. The minimum Gasteiger partial charge on any atom is -0.493 e. The van der Waals surface area contributed by atoms with Crippen molar-refractivity contribution < 1.29 is 14.3 Å². The lowest BCUT2D eigenvalue weighted by Gasteiger charge is -2.31. The van der Waals surface area contributed by atoms with Crippen molar-refractivity contribution in [3.63, 3.8) is 0 Å². The maximum Gasteiger partial charge on any atom is 0.223 e. The zero-order valence-electron chi connectivity index (χ0n) is 18.0. The Morgan fingerprint density at radius 3 is 2.57 bits per heavy atom. The third-order valence-corrected chi connectivity index (χ3v) is 5.55. The van der Waals surface area contributed by atoms with Crippen LogP contribution in [0.2, 0.25) is 5.02 Å². The first-order valence-electron chi connectivity index (χ1n) is 10.5. The van der Waals surface area contributed by atoms with Crippen LogP contribution in [0.5, 0.6) is 11.5 Å². The molecule has 0 spiro atoms. The number of rotatable bonds is 8. The van der Waals surface area contributed by atoms with E-state index in [9.17, 15) is 4.79 Å². The second kappa shape index (κ2) is 10.7. The number of nitrogens with one attached hydrogen (secondary N) is 1. The molecule has 0 saturated carbocycles. The van der Waals surface area contributed by atoms with Crippen LogP contribution in [0.1, 0.15) is 37.8 Å². The Labute approximate surface area is 184 Å². The summed E-state index contributed by atoms with van der Waals surface area (Å²) in [5.41, 5.74) is 2.21. The van der Waals surface area contributed by atoms with Crippen LogP contribution in [0.15, 0.2) is 42.5 Å². The molecule has 1 amide bonds. The van der Waals surface area contributed by atoms with Gasteiger partial charge >= 0.3 is 0 Å². The van der Waals surface area contributed by atoms with Crippen LogP contribution in [-0.2, 0) is 17.9 Å². The molecule has 1 aliphatic rings. The summed E-state index contributed by atoms with van der Waals surface area (Å²) in [7, 11) is 1.63. The largest absolute Gasteiger partial charge is 0.493 e. The van der Waals surface area contributed by atoms with Crippen LogP contribution in [0.3, 0.4) is 0 Å². The lowest BCUT2D eigenvalue weighted by Crippen LogP contribution is -2.40. The van der Waals surface area contributed by atoms with Crippen LogP contribution in [-0.4, -0.2) is 37.1 Å². The summed E-state index contributed by atoms with van der Waals surface area (Å²) >= 11 is 6.08. The number of benzene rings is 2. The molecule has 1 N–H and O–H groups in total. The van der Waals surface area contributed by atoms with Crippen molar-refractivity contribution in [3.8, 4) is 11.5 Å². The van der Waals surface area contributed by atoms with E-state index in [1.807, 2.05) is 50.2 Å². The fourth-order valence-corrected chi connectivity index (χ4v) is 3.97. The highest BCUT2D eigenvalue weighted by Crippen LogP contribution is 2.29. The number of carbonyl (C=O) groups is 1. The van der Waals surface area contributed by atoms with Crippen molar-refractivity contribution in [2.45, 2.75) is 45.9 Å². The Balaban J connectivity index is 1.47. The number of hydrogen-bond acceptors (Lipinski definition) is 4. The topological polar surface area (TPSA) is 50.8 Å². The zero-order chi connectivity index (χ0) is 21.5. The highest BCUT2D eigenvalue weighted by molar-refractivity contribution is 6.30. The molecule has 2 aromatic carbocycles. The van der Waals surface area contributed by atoms with Gasteiger partial charge in [0, 0.05) is 24.0 Å². The summed E-state index contributed by atoms with van der Waals surface area (Å²) in [6.45, 7) is 7.15. The molecule has 0 atom stereocenters. The van der Waals surface area contributed by atoms with Crippen molar-refractivity contribution in [3.05, 3.63) is 58.6 Å². The van der Waals surface area contributed by atoms with Gasteiger partial charge in [-0.15, -0.1) is 0 Å². The molecule has 30 heavy (non-hydrogen) atoms. The Hall–Kier alpha value is -2.24. The van der Waals surface area contributed by atoms with Crippen molar-refractivity contribution >= 4 is 17.5 Å². The normalized spacial score (nSPS) is 15.2. The minimum atomic E-state index is 0.0612. The monoisotopic (exact) mass is 430 g/mol. The van der Waals surface area contributed by atoms with Gasteiger partial charge in [0.15, 0.2) is 11.5 Å². The SMILES string of the molecule is COc1cc(CNC(=O)C2CCN(Cc3cccc(Cl)c3)CC2)ccc1OC(C)C. The van der Waals surface area contributed by atoms with Crippen molar-refractivity contribution in [2.24, 2.45) is 5.92 Å². The predicted molar refractivity (Wildman–Crippen MR) is 120 cm³/mol. The fraction of sp³-hybridized carbons (Fsp3) is 0.458. The summed E-state index contributed by atoms with van der Waals surface area (Å²) in [5, 5.41) is 3.85. The van der Waals surface area contributed by atoms with E-state index in [0.29, 0.717) is 12.3 Å². The van der Waals surface area contributed by atoms with E-state index in [-0.39, 0.29) is 17.9 Å². The van der Waals surface area contributed by atoms with Gasteiger partial charge in [0.25, 0.3) is 0 Å². The number of likely N-dealkylation sites (tertiary alicyclic amines) is 1. The summed E-state index contributed by atoms with van der Waals surface area (Å²) in [4.78, 5) is 15.0. The average Bonchev–Trinajstić information content (AvgIpc) is 2.73. The molecule has 1 saturated heterocycles. The summed E-state index contributed by atoms with van der Waals surface area (Å²) in [5.74, 6) is 1.59. The van der Waals surface area contributed by atoms with Crippen LogP contribution in [0.4, 0.5) is 0 Å². The van der Waals surface area contributed by atoms with E-state index in [2.05, 4.69) is 16.3 Å². The van der Waals surface area contributed by atoms with Gasteiger partial charge in [0.2, 0.25) is 5.91 Å². The van der Waals surface area contributed by atoms with Crippen LogP contribution in [0, 0.1) is 5.92 Å². The molecule has 3 rings (SSSR count). The first-order valence-corrected chi connectivity index (χ1v) is 10.9. The Morgan fingerprint density at radius 1 is 1.13 bits per heavy atom. The highest BCUT2D eigenvalue weighted by Gasteiger charge is 2.24. The molecule has 1 fully saturated rings. The maximum atomic E-state index is 12.6. The number of methoxy groups -OCH3 is 1. The molecule has 0 aliphatic carbocycles. The van der Waals surface area contributed by atoms with Gasteiger partial charge in [0.1, 0.15) is 0 Å². The van der Waals surface area contributed by atoms with Crippen LogP contribution >= 0.6 is 11.6 Å². The van der Waals surface area contributed by atoms with Gasteiger partial charge in [-0.2, -0.15) is 0 Å². The lowest BCUT2D eigenvalue weighted by molar-refractivity contribution is -0.126. The fourth-order valence-electron chi connectivity index (χ4n) is 3.75. The Bertz CT molecular complexity index is 848. The van der Waals surface area contributed by atoms with E-state index in [1.54, 1.807) is 7.11 Å². The molecule has 0 bridgehead atoms.